The Bertz CT molecular complexity index is 2600. The van der Waals surface area contributed by atoms with E-state index in [0.29, 0.717) is 6.67 Å². The Morgan fingerprint density at radius 2 is 1.27 bits per heavy atom. The molecule has 0 N–H and O–H groups in total. The van der Waals surface area contributed by atoms with Gasteiger partial charge in [-0.1, -0.05) is 90.1 Å². The highest BCUT2D eigenvalue weighted by molar-refractivity contribution is 6.16. The Kier molecular flexibility index (Phi) is 7.23. The summed E-state index contributed by atoms with van der Waals surface area (Å²) < 4.78 is 15.3. The number of aromatic nitrogens is 2. The maximum atomic E-state index is 6.64. The van der Waals surface area contributed by atoms with E-state index in [9.17, 15) is 0 Å². The van der Waals surface area contributed by atoms with E-state index in [4.69, 9.17) is 14.1 Å². The van der Waals surface area contributed by atoms with Crippen molar-refractivity contribution in [2.75, 3.05) is 16.5 Å². The first kappa shape index (κ1) is 31.9. The number of furan rings is 1. The Hall–Kier alpha value is -6.01. The van der Waals surface area contributed by atoms with Crippen LogP contribution in [0.25, 0.3) is 38.8 Å². The van der Waals surface area contributed by atoms with Crippen LogP contribution in [0.15, 0.2) is 138 Å². The molecule has 8 aromatic rings. The van der Waals surface area contributed by atoms with Crippen molar-refractivity contribution in [2.45, 2.75) is 52.4 Å². The number of hydrogen-bond donors (Lipinski definition) is 0. The molecule has 4 heterocycles. The van der Waals surface area contributed by atoms with E-state index in [1.807, 2.05) is 30.5 Å². The zero-order valence-corrected chi connectivity index (χ0v) is 30.5. The molecule has 1 aliphatic heterocycles. The van der Waals surface area contributed by atoms with Gasteiger partial charge in [0.1, 0.15) is 35.1 Å². The molecule has 0 spiro atoms. The van der Waals surface area contributed by atoms with Crippen LogP contribution in [0.5, 0.6) is 11.5 Å². The molecule has 6 nitrogen and oxygen atoms in total. The van der Waals surface area contributed by atoms with E-state index < -0.39 is 0 Å². The molecule has 9 rings (SSSR count). The van der Waals surface area contributed by atoms with E-state index in [1.54, 1.807) is 0 Å². The molecule has 1 aliphatic rings. The number of anilines is 4. The number of hydrogen-bond acceptors (Lipinski definition) is 5. The lowest BCUT2D eigenvalue weighted by molar-refractivity contribution is 0.483. The number of para-hydroxylation sites is 3. The smallest absolute Gasteiger partial charge is 0.161 e. The van der Waals surface area contributed by atoms with Gasteiger partial charge in [-0.3, -0.25) is 4.57 Å². The molecule has 0 radical (unpaired) electrons. The predicted molar refractivity (Wildman–Crippen MR) is 214 cm³/mol. The molecule has 0 aliphatic carbocycles. The molecular weight excluding hydrogens is 641 g/mol. The second kappa shape index (κ2) is 11.8. The third kappa shape index (κ3) is 5.37. The minimum absolute atomic E-state index is 0.00459. The number of ether oxygens (including phenoxy) is 1. The molecule has 52 heavy (non-hydrogen) atoms. The predicted octanol–water partition coefficient (Wildman–Crippen LogP) is 12.6. The Balaban J connectivity index is 1.07. The zero-order valence-electron chi connectivity index (χ0n) is 30.5. The second-order valence-corrected chi connectivity index (χ2v) is 15.8. The van der Waals surface area contributed by atoms with E-state index >= 15 is 0 Å². The quantitative estimate of drug-likeness (QED) is 0.181. The standard InChI is InChI=1S/C46H42N4O2/c1-45(2,3)30-18-21-32(22-19-30)48-29-49(39-16-9-8-15-38(39)48)33-12-11-13-34(26-33)51-35-23-24-36-40(27-35)50(42-25-20-31(28-47-42)46(4,5)6)43-37-14-7-10-17-41(37)52-44(36)43/h7-28H,29H2,1-6H3. The summed E-state index contributed by atoms with van der Waals surface area (Å²) in [5.41, 5.74) is 10.9. The van der Waals surface area contributed by atoms with Gasteiger partial charge in [0.2, 0.25) is 0 Å². The van der Waals surface area contributed by atoms with E-state index in [1.165, 1.54) is 28.2 Å². The lowest BCUT2D eigenvalue weighted by Crippen LogP contribution is -2.24. The molecule has 0 bridgehead atoms. The second-order valence-electron chi connectivity index (χ2n) is 15.8. The summed E-state index contributed by atoms with van der Waals surface area (Å²) in [6, 6.07) is 44.6. The van der Waals surface area contributed by atoms with Crippen molar-refractivity contribution in [3.63, 3.8) is 0 Å². The summed E-state index contributed by atoms with van der Waals surface area (Å²) in [7, 11) is 0. The van der Waals surface area contributed by atoms with Crippen LogP contribution < -0.4 is 14.5 Å². The van der Waals surface area contributed by atoms with Crippen LogP contribution in [-0.4, -0.2) is 16.2 Å². The van der Waals surface area contributed by atoms with Gasteiger partial charge in [-0.15, -0.1) is 0 Å². The monoisotopic (exact) mass is 682 g/mol. The number of pyridine rings is 1. The van der Waals surface area contributed by atoms with E-state index in [-0.39, 0.29) is 10.8 Å². The molecule has 258 valence electrons. The molecule has 0 saturated carbocycles. The molecule has 0 fully saturated rings. The first-order valence-electron chi connectivity index (χ1n) is 18.0. The molecule has 0 amide bonds. The Labute approximate surface area is 304 Å². The first-order valence-corrected chi connectivity index (χ1v) is 18.0. The topological polar surface area (TPSA) is 46.7 Å². The highest BCUT2D eigenvalue weighted by Gasteiger charge is 2.28. The lowest BCUT2D eigenvalue weighted by atomic mass is 9.87. The van der Waals surface area contributed by atoms with E-state index in [0.717, 1.165) is 56.0 Å². The third-order valence-electron chi connectivity index (χ3n) is 10.2. The van der Waals surface area contributed by atoms with Gasteiger partial charge in [-0.25, -0.2) is 4.98 Å². The fourth-order valence-electron chi connectivity index (χ4n) is 7.36. The molecule has 3 aromatic heterocycles. The van der Waals surface area contributed by atoms with Crippen LogP contribution in [0.4, 0.5) is 22.7 Å². The SMILES string of the molecule is CC(C)(C)c1ccc(N2CN(c3cccc(Oc4ccc5c6oc7ccccc7c6n(-c6ccc(C(C)(C)C)cn6)c5c4)c3)c3ccccc32)cc1. The molecule has 6 heteroatoms. The third-order valence-corrected chi connectivity index (χ3v) is 10.2. The molecular formula is C46H42N4O2. The van der Waals surface area contributed by atoms with Crippen molar-refractivity contribution in [1.29, 1.82) is 0 Å². The summed E-state index contributed by atoms with van der Waals surface area (Å²) in [4.78, 5) is 9.70. The highest BCUT2D eigenvalue weighted by atomic mass is 16.5. The van der Waals surface area contributed by atoms with Crippen molar-refractivity contribution in [3.05, 3.63) is 145 Å². The van der Waals surface area contributed by atoms with Gasteiger partial charge in [0.25, 0.3) is 0 Å². The summed E-state index contributed by atoms with van der Waals surface area (Å²) in [6.45, 7) is 14.1. The fourth-order valence-corrected chi connectivity index (χ4v) is 7.36. The van der Waals surface area contributed by atoms with Crippen molar-refractivity contribution >= 4 is 55.7 Å². The Morgan fingerprint density at radius 3 is 1.98 bits per heavy atom. The zero-order chi connectivity index (χ0) is 35.8. The highest BCUT2D eigenvalue weighted by Crippen LogP contribution is 2.45. The summed E-state index contributed by atoms with van der Waals surface area (Å²) in [6.07, 6.45) is 1.99. The van der Waals surface area contributed by atoms with Crippen LogP contribution in [0.1, 0.15) is 52.7 Å². The minimum atomic E-state index is 0.00459. The maximum absolute atomic E-state index is 6.64. The first-order chi connectivity index (χ1) is 25.0. The van der Waals surface area contributed by atoms with Gasteiger partial charge >= 0.3 is 0 Å². The van der Waals surface area contributed by atoms with Gasteiger partial charge in [0.05, 0.1) is 16.9 Å². The van der Waals surface area contributed by atoms with Crippen LogP contribution in [0.3, 0.4) is 0 Å². The average Bonchev–Trinajstić information content (AvgIpc) is 3.80. The van der Waals surface area contributed by atoms with Gasteiger partial charge in [0, 0.05) is 40.5 Å². The van der Waals surface area contributed by atoms with Crippen LogP contribution >= 0.6 is 0 Å². The number of fused-ring (bicyclic) bond motifs is 6. The van der Waals surface area contributed by atoms with Crippen molar-refractivity contribution in [3.8, 4) is 17.3 Å². The number of benzene rings is 5. The normalized spacial score (nSPS) is 13.4. The van der Waals surface area contributed by atoms with Gasteiger partial charge in [-0.2, -0.15) is 0 Å². The maximum Gasteiger partial charge on any atom is 0.161 e. The van der Waals surface area contributed by atoms with Crippen molar-refractivity contribution < 1.29 is 9.15 Å². The summed E-state index contributed by atoms with van der Waals surface area (Å²) in [5.74, 6) is 2.34. The average molecular weight is 683 g/mol. The van der Waals surface area contributed by atoms with Crippen LogP contribution in [0, 0.1) is 0 Å². The van der Waals surface area contributed by atoms with Gasteiger partial charge in [0.15, 0.2) is 5.58 Å². The van der Waals surface area contributed by atoms with Crippen molar-refractivity contribution in [1.82, 2.24) is 9.55 Å². The molecule has 0 saturated heterocycles. The number of rotatable bonds is 5. The van der Waals surface area contributed by atoms with Crippen LogP contribution in [0.2, 0.25) is 0 Å². The van der Waals surface area contributed by atoms with Gasteiger partial charge in [-0.05, 0) is 88.7 Å². The Morgan fingerprint density at radius 1 is 0.596 bits per heavy atom. The lowest BCUT2D eigenvalue weighted by Gasteiger charge is -2.24. The van der Waals surface area contributed by atoms with Crippen LogP contribution in [-0.2, 0) is 10.8 Å². The number of nitrogens with zero attached hydrogens (tertiary/aromatic N) is 4. The summed E-state index contributed by atoms with van der Waals surface area (Å²) in [5, 5.41) is 2.06. The molecule has 0 atom stereocenters. The molecule has 5 aromatic carbocycles. The van der Waals surface area contributed by atoms with Gasteiger partial charge < -0.3 is 19.0 Å². The largest absolute Gasteiger partial charge is 0.457 e. The minimum Gasteiger partial charge on any atom is -0.457 e. The summed E-state index contributed by atoms with van der Waals surface area (Å²) >= 11 is 0. The van der Waals surface area contributed by atoms with E-state index in [2.05, 4.69) is 159 Å². The fraction of sp³-hybridized carbons (Fsp3) is 0.196. The molecule has 0 unspecified atom stereocenters. The van der Waals surface area contributed by atoms with Crippen molar-refractivity contribution in [2.24, 2.45) is 0 Å².